The molecule has 1 unspecified atom stereocenters. The zero-order chi connectivity index (χ0) is 21.0. The average molecular weight is 402 g/mol. The molecule has 2 heterocycles. The van der Waals surface area contributed by atoms with E-state index in [0.717, 1.165) is 11.3 Å². The zero-order valence-corrected chi connectivity index (χ0v) is 15.9. The third-order valence-electron chi connectivity index (χ3n) is 4.56. The molecule has 0 aromatic heterocycles. The normalized spacial score (nSPS) is 20.5. The lowest BCUT2D eigenvalue weighted by Gasteiger charge is -2.23. The maximum Gasteiger partial charge on any atom is 0.325 e. The highest BCUT2D eigenvalue weighted by Gasteiger charge is 2.49. The number of urea groups is 2. The van der Waals surface area contributed by atoms with Gasteiger partial charge in [-0.3, -0.25) is 19.8 Å². The lowest BCUT2D eigenvalue weighted by molar-refractivity contribution is -0.134. The lowest BCUT2D eigenvalue weighted by atomic mass is 9.91. The summed E-state index contributed by atoms with van der Waals surface area (Å²) in [5.74, 6) is -0.358. The van der Waals surface area contributed by atoms with Crippen LogP contribution in [0.4, 0.5) is 9.59 Å². The van der Waals surface area contributed by atoms with E-state index in [-0.39, 0.29) is 6.54 Å². The van der Waals surface area contributed by atoms with Gasteiger partial charge in [0.1, 0.15) is 12.1 Å². The molecule has 1 saturated heterocycles. The molecule has 6 amide bonds. The second-order valence-electron chi connectivity index (χ2n) is 6.71. The van der Waals surface area contributed by atoms with Gasteiger partial charge in [0.2, 0.25) is 5.91 Å². The fraction of sp³-hybridized carbons (Fsp3) is 0.368. The van der Waals surface area contributed by atoms with Crippen LogP contribution in [0.2, 0.25) is 0 Å². The van der Waals surface area contributed by atoms with Gasteiger partial charge in [0.25, 0.3) is 5.91 Å². The molecule has 2 aliphatic rings. The molecule has 1 aromatic rings. The number of nitrogens with zero attached hydrogens (tertiary/aromatic N) is 1. The molecule has 0 aliphatic carbocycles. The molecule has 29 heavy (non-hydrogen) atoms. The van der Waals surface area contributed by atoms with Gasteiger partial charge < -0.3 is 20.1 Å². The van der Waals surface area contributed by atoms with Crippen molar-refractivity contribution < 1.29 is 28.7 Å². The number of ether oxygens (including phenoxy) is 2. The van der Waals surface area contributed by atoms with Crippen LogP contribution >= 0.6 is 0 Å². The number of amides is 6. The number of carbonyl (C=O) groups excluding carboxylic acids is 4. The fourth-order valence-electron chi connectivity index (χ4n) is 3.03. The van der Waals surface area contributed by atoms with Gasteiger partial charge in [0, 0.05) is 13.0 Å². The highest BCUT2D eigenvalue weighted by molar-refractivity contribution is 6.10. The molecule has 1 fully saturated rings. The van der Waals surface area contributed by atoms with Crippen LogP contribution in [0.15, 0.2) is 30.9 Å². The summed E-state index contributed by atoms with van der Waals surface area (Å²) in [6, 6.07) is 3.52. The molecule has 1 aromatic carbocycles. The van der Waals surface area contributed by atoms with Crippen molar-refractivity contribution in [1.82, 2.24) is 20.9 Å². The minimum Gasteiger partial charge on any atom is -0.490 e. The fourth-order valence-corrected chi connectivity index (χ4v) is 3.03. The molecule has 10 heteroatoms. The molecular weight excluding hydrogens is 380 g/mol. The van der Waals surface area contributed by atoms with E-state index in [2.05, 4.69) is 22.5 Å². The zero-order valence-electron chi connectivity index (χ0n) is 15.9. The summed E-state index contributed by atoms with van der Waals surface area (Å²) in [6.07, 6.45) is 2.18. The first-order chi connectivity index (χ1) is 13.8. The van der Waals surface area contributed by atoms with Gasteiger partial charge in [-0.25, -0.2) is 9.59 Å². The van der Waals surface area contributed by atoms with Gasteiger partial charge in [-0.05, 0) is 24.6 Å². The van der Waals surface area contributed by atoms with Crippen molar-refractivity contribution in [2.75, 3.05) is 26.3 Å². The Balaban J connectivity index is 1.74. The average Bonchev–Trinajstić information content (AvgIpc) is 2.86. The van der Waals surface area contributed by atoms with Crippen molar-refractivity contribution in [2.45, 2.75) is 18.9 Å². The molecule has 2 aliphatic heterocycles. The second kappa shape index (κ2) is 8.21. The van der Waals surface area contributed by atoms with Gasteiger partial charge in [0.15, 0.2) is 11.5 Å². The SMILES string of the molecule is C=CCNC(=O)NC(=O)CN1C(=O)NC(C)(c2ccc3c(c2)OCCCO3)C1=O. The molecule has 1 atom stereocenters. The summed E-state index contributed by atoms with van der Waals surface area (Å²) in [7, 11) is 0. The number of rotatable bonds is 5. The minimum atomic E-state index is -1.38. The summed E-state index contributed by atoms with van der Waals surface area (Å²) < 4.78 is 11.2. The Labute approximate surface area is 167 Å². The van der Waals surface area contributed by atoms with Crippen LogP contribution in [-0.4, -0.2) is 55.1 Å². The number of hydrogen-bond donors (Lipinski definition) is 3. The van der Waals surface area contributed by atoms with E-state index in [9.17, 15) is 19.2 Å². The summed E-state index contributed by atoms with van der Waals surface area (Å²) in [5, 5.41) is 7.03. The third kappa shape index (κ3) is 4.15. The first-order valence-electron chi connectivity index (χ1n) is 9.08. The Morgan fingerprint density at radius 3 is 2.72 bits per heavy atom. The smallest absolute Gasteiger partial charge is 0.325 e. The number of nitrogens with one attached hydrogen (secondary N) is 3. The van der Waals surface area contributed by atoms with Crippen molar-refractivity contribution in [3.8, 4) is 11.5 Å². The van der Waals surface area contributed by atoms with Crippen molar-refractivity contribution in [3.63, 3.8) is 0 Å². The van der Waals surface area contributed by atoms with Crippen LogP contribution in [0.25, 0.3) is 0 Å². The molecule has 0 spiro atoms. The quantitative estimate of drug-likeness (QED) is 0.490. The number of carbonyl (C=O) groups is 4. The maximum absolute atomic E-state index is 12.9. The van der Waals surface area contributed by atoms with Gasteiger partial charge >= 0.3 is 12.1 Å². The van der Waals surface area contributed by atoms with Gasteiger partial charge in [-0.1, -0.05) is 12.1 Å². The molecule has 154 valence electrons. The summed E-state index contributed by atoms with van der Waals surface area (Å²) in [4.78, 5) is 49.6. The van der Waals surface area contributed by atoms with E-state index in [1.807, 2.05) is 0 Å². The third-order valence-corrected chi connectivity index (χ3v) is 4.56. The Morgan fingerprint density at radius 2 is 2.00 bits per heavy atom. The topological polar surface area (TPSA) is 126 Å². The van der Waals surface area contributed by atoms with Gasteiger partial charge in [-0.15, -0.1) is 6.58 Å². The minimum absolute atomic E-state index is 0.171. The highest BCUT2D eigenvalue weighted by Crippen LogP contribution is 2.36. The molecule has 0 saturated carbocycles. The van der Waals surface area contributed by atoms with Crippen molar-refractivity contribution in [1.29, 1.82) is 0 Å². The van der Waals surface area contributed by atoms with Crippen molar-refractivity contribution in [2.24, 2.45) is 0 Å². The number of hydrogen-bond acceptors (Lipinski definition) is 6. The lowest BCUT2D eigenvalue weighted by Crippen LogP contribution is -2.46. The van der Waals surface area contributed by atoms with Crippen LogP contribution in [0.1, 0.15) is 18.9 Å². The first kappa shape index (κ1) is 20.2. The van der Waals surface area contributed by atoms with Gasteiger partial charge in [0.05, 0.1) is 13.2 Å². The van der Waals surface area contributed by atoms with E-state index >= 15 is 0 Å². The van der Waals surface area contributed by atoms with Crippen molar-refractivity contribution in [3.05, 3.63) is 36.4 Å². The monoisotopic (exact) mass is 402 g/mol. The number of fused-ring (bicyclic) bond motifs is 1. The Bertz CT molecular complexity index is 870. The van der Waals surface area contributed by atoms with E-state index < -0.39 is 36.0 Å². The maximum atomic E-state index is 12.9. The molecule has 0 bridgehead atoms. The van der Waals surface area contributed by atoms with Crippen molar-refractivity contribution >= 4 is 23.9 Å². The summed E-state index contributed by atoms with van der Waals surface area (Å²) in [5.41, 5.74) is -0.889. The summed E-state index contributed by atoms with van der Waals surface area (Å²) in [6.45, 7) is 5.57. The molecule has 0 radical (unpaired) electrons. The predicted octanol–water partition coefficient (Wildman–Crippen LogP) is 0.627. The standard InChI is InChI=1S/C19H22N4O6/c1-3-7-20-17(26)21-15(24)11-23-16(25)19(2,22-18(23)27)12-5-6-13-14(10-12)29-9-4-8-28-13/h3,5-6,10H,1,4,7-9,11H2,2H3,(H,22,27)(H2,20,21,24,26). The van der Waals surface area contributed by atoms with Crippen LogP contribution in [0, 0.1) is 0 Å². The van der Waals surface area contributed by atoms with E-state index in [1.54, 1.807) is 25.1 Å². The van der Waals surface area contributed by atoms with Crippen LogP contribution in [0.3, 0.4) is 0 Å². The Hall–Kier alpha value is -3.56. The van der Waals surface area contributed by atoms with E-state index in [0.29, 0.717) is 30.3 Å². The molecule has 3 N–H and O–H groups in total. The summed E-state index contributed by atoms with van der Waals surface area (Å²) >= 11 is 0. The van der Waals surface area contributed by atoms with Crippen LogP contribution < -0.4 is 25.4 Å². The molecule has 10 nitrogen and oxygen atoms in total. The molecule has 3 rings (SSSR count). The Kier molecular flexibility index (Phi) is 5.71. The van der Waals surface area contributed by atoms with Crippen LogP contribution in [0.5, 0.6) is 11.5 Å². The number of benzene rings is 1. The molecular formula is C19H22N4O6. The van der Waals surface area contributed by atoms with Gasteiger partial charge in [-0.2, -0.15) is 0 Å². The highest BCUT2D eigenvalue weighted by atomic mass is 16.5. The largest absolute Gasteiger partial charge is 0.490 e. The second-order valence-corrected chi connectivity index (χ2v) is 6.71. The van der Waals surface area contributed by atoms with E-state index in [4.69, 9.17) is 9.47 Å². The number of imide groups is 2. The van der Waals surface area contributed by atoms with E-state index in [1.165, 1.54) is 6.08 Å². The Morgan fingerprint density at radius 1 is 1.28 bits per heavy atom. The predicted molar refractivity (Wildman–Crippen MR) is 101 cm³/mol. The van der Waals surface area contributed by atoms with Crippen LogP contribution in [-0.2, 0) is 15.1 Å². The first-order valence-corrected chi connectivity index (χ1v) is 9.08.